The number of rotatable bonds is 6. The molecule has 0 radical (unpaired) electrons. The van der Waals surface area contributed by atoms with Gasteiger partial charge in [-0.25, -0.2) is 4.98 Å². The zero-order valence-corrected chi connectivity index (χ0v) is 19.2. The molecule has 2 aromatic carbocycles. The number of aryl methyl sites for hydroxylation is 1. The second-order valence-corrected chi connectivity index (χ2v) is 7.67. The topological polar surface area (TPSA) is 49.3 Å². The van der Waals surface area contributed by atoms with Gasteiger partial charge in [-0.15, -0.1) is 35.3 Å². The Balaban J connectivity index is 0.00000261. The van der Waals surface area contributed by atoms with E-state index in [9.17, 15) is 0 Å². The molecule has 1 aromatic heterocycles. The van der Waals surface area contributed by atoms with Crippen LogP contribution in [0.2, 0.25) is 0 Å². The molecule has 0 spiro atoms. The lowest BCUT2D eigenvalue weighted by Gasteiger charge is -2.18. The first-order valence-electron chi connectivity index (χ1n) is 9.10. The predicted octanol–water partition coefficient (Wildman–Crippen LogP) is 5.08. The predicted molar refractivity (Wildman–Crippen MR) is 127 cm³/mol. The van der Waals surface area contributed by atoms with Crippen LogP contribution in [0.3, 0.4) is 0 Å². The Hall–Kier alpha value is -1.67. The minimum atomic E-state index is 0. The summed E-state index contributed by atoms with van der Waals surface area (Å²) in [5.41, 5.74) is 1.25. The summed E-state index contributed by atoms with van der Waals surface area (Å²) in [6.07, 6.45) is 2.80. The molecule has 1 heterocycles. The second kappa shape index (κ2) is 10.6. The van der Waals surface area contributed by atoms with Gasteiger partial charge in [-0.3, -0.25) is 4.99 Å². The SMILES string of the molecule is CCNC(=NCCc1ncc(C)s1)NC(C)c1ccc2ccccc2c1.I. The fourth-order valence-corrected chi connectivity index (χ4v) is 3.64. The third-order valence-electron chi connectivity index (χ3n) is 4.24. The van der Waals surface area contributed by atoms with Crippen molar-refractivity contribution in [2.75, 3.05) is 13.1 Å². The largest absolute Gasteiger partial charge is 0.357 e. The van der Waals surface area contributed by atoms with E-state index in [1.54, 1.807) is 11.3 Å². The van der Waals surface area contributed by atoms with Crippen molar-refractivity contribution >= 4 is 52.0 Å². The van der Waals surface area contributed by atoms with E-state index in [4.69, 9.17) is 4.99 Å². The van der Waals surface area contributed by atoms with Crippen molar-refractivity contribution in [2.45, 2.75) is 33.2 Å². The van der Waals surface area contributed by atoms with Gasteiger partial charge in [0.15, 0.2) is 5.96 Å². The van der Waals surface area contributed by atoms with Crippen LogP contribution in [0.15, 0.2) is 53.7 Å². The molecule has 0 aliphatic rings. The highest BCUT2D eigenvalue weighted by atomic mass is 127. The summed E-state index contributed by atoms with van der Waals surface area (Å²) in [4.78, 5) is 10.4. The van der Waals surface area contributed by atoms with Crippen LogP contribution in [0, 0.1) is 6.92 Å². The number of aliphatic imine (C=N–C) groups is 1. The first-order valence-corrected chi connectivity index (χ1v) is 9.92. The summed E-state index contributed by atoms with van der Waals surface area (Å²) in [5, 5.41) is 10.5. The molecular weight excluding hydrogens is 467 g/mol. The number of guanidine groups is 1. The molecule has 1 atom stereocenters. The monoisotopic (exact) mass is 494 g/mol. The average Bonchev–Trinajstić information content (AvgIpc) is 3.06. The van der Waals surface area contributed by atoms with Gasteiger partial charge in [-0.05, 0) is 43.2 Å². The lowest BCUT2D eigenvalue weighted by atomic mass is 10.0. The van der Waals surface area contributed by atoms with Gasteiger partial charge >= 0.3 is 0 Å². The Labute approximate surface area is 182 Å². The number of fused-ring (bicyclic) bond motifs is 1. The van der Waals surface area contributed by atoms with Crippen molar-refractivity contribution in [3.63, 3.8) is 0 Å². The van der Waals surface area contributed by atoms with Crippen LogP contribution < -0.4 is 10.6 Å². The lowest BCUT2D eigenvalue weighted by Crippen LogP contribution is -2.38. The van der Waals surface area contributed by atoms with Crippen LogP contribution in [0.25, 0.3) is 10.8 Å². The molecule has 6 heteroatoms. The van der Waals surface area contributed by atoms with E-state index in [0.29, 0.717) is 0 Å². The maximum absolute atomic E-state index is 4.71. The number of halogens is 1. The zero-order valence-electron chi connectivity index (χ0n) is 16.0. The highest BCUT2D eigenvalue weighted by Crippen LogP contribution is 2.20. The first kappa shape index (κ1) is 21.6. The normalized spacial score (nSPS) is 12.5. The van der Waals surface area contributed by atoms with E-state index in [1.165, 1.54) is 21.2 Å². The van der Waals surface area contributed by atoms with E-state index < -0.39 is 0 Å². The van der Waals surface area contributed by atoms with Crippen LogP contribution in [0.5, 0.6) is 0 Å². The number of nitrogens with one attached hydrogen (secondary N) is 2. The third-order valence-corrected chi connectivity index (χ3v) is 5.21. The first-order chi connectivity index (χ1) is 12.7. The van der Waals surface area contributed by atoms with E-state index >= 15 is 0 Å². The van der Waals surface area contributed by atoms with Crippen molar-refractivity contribution in [2.24, 2.45) is 4.99 Å². The van der Waals surface area contributed by atoms with Crippen molar-refractivity contribution in [1.82, 2.24) is 15.6 Å². The van der Waals surface area contributed by atoms with Crippen molar-refractivity contribution in [3.05, 3.63) is 64.1 Å². The van der Waals surface area contributed by atoms with Gasteiger partial charge in [0.2, 0.25) is 0 Å². The Morgan fingerprint density at radius 1 is 1.19 bits per heavy atom. The Morgan fingerprint density at radius 2 is 1.96 bits per heavy atom. The van der Waals surface area contributed by atoms with Crippen LogP contribution >= 0.6 is 35.3 Å². The highest BCUT2D eigenvalue weighted by Gasteiger charge is 2.08. The van der Waals surface area contributed by atoms with E-state index in [2.05, 4.69) is 78.9 Å². The zero-order chi connectivity index (χ0) is 18.4. The minimum Gasteiger partial charge on any atom is -0.357 e. The molecule has 2 N–H and O–H groups in total. The van der Waals surface area contributed by atoms with E-state index in [1.807, 2.05) is 6.20 Å². The maximum atomic E-state index is 4.71. The molecule has 0 aliphatic carbocycles. The number of aromatic nitrogens is 1. The summed E-state index contributed by atoms with van der Waals surface area (Å²) in [5.74, 6) is 0.849. The molecule has 3 rings (SSSR count). The Kier molecular flexibility index (Phi) is 8.50. The Morgan fingerprint density at radius 3 is 2.67 bits per heavy atom. The van der Waals surface area contributed by atoms with Crippen LogP contribution in [-0.4, -0.2) is 24.0 Å². The van der Waals surface area contributed by atoms with Crippen LogP contribution in [-0.2, 0) is 6.42 Å². The minimum absolute atomic E-state index is 0. The molecule has 1 unspecified atom stereocenters. The van der Waals surface area contributed by atoms with Crippen molar-refractivity contribution in [3.8, 4) is 0 Å². The number of benzene rings is 2. The van der Waals surface area contributed by atoms with Gasteiger partial charge in [0.25, 0.3) is 0 Å². The van der Waals surface area contributed by atoms with Gasteiger partial charge in [0, 0.05) is 30.6 Å². The van der Waals surface area contributed by atoms with E-state index in [0.717, 1.165) is 30.5 Å². The summed E-state index contributed by atoms with van der Waals surface area (Å²) in [6.45, 7) is 7.91. The maximum Gasteiger partial charge on any atom is 0.191 e. The van der Waals surface area contributed by atoms with Gasteiger partial charge in [-0.2, -0.15) is 0 Å². The van der Waals surface area contributed by atoms with Crippen molar-refractivity contribution < 1.29 is 0 Å². The molecular formula is C21H27IN4S. The van der Waals surface area contributed by atoms with Crippen LogP contribution in [0.1, 0.15) is 35.3 Å². The second-order valence-electron chi connectivity index (χ2n) is 6.35. The molecule has 3 aromatic rings. The fourth-order valence-electron chi connectivity index (χ4n) is 2.87. The number of thiazole rings is 1. The molecule has 0 aliphatic heterocycles. The Bertz CT molecular complexity index is 891. The van der Waals surface area contributed by atoms with Gasteiger partial charge in [0.1, 0.15) is 0 Å². The smallest absolute Gasteiger partial charge is 0.191 e. The van der Waals surface area contributed by atoms with Gasteiger partial charge in [-0.1, -0.05) is 36.4 Å². The van der Waals surface area contributed by atoms with Gasteiger partial charge < -0.3 is 10.6 Å². The molecule has 0 amide bonds. The lowest BCUT2D eigenvalue weighted by molar-refractivity contribution is 0.687. The number of hydrogen-bond donors (Lipinski definition) is 2. The standard InChI is InChI=1S/C21H26N4S.HI/c1-4-22-21(23-12-11-20-24-14-15(2)26-20)25-16(3)18-10-9-17-7-5-6-8-19(17)13-18;/h5-10,13-14,16H,4,11-12H2,1-3H3,(H2,22,23,25);1H. The number of nitrogens with zero attached hydrogens (tertiary/aromatic N) is 2. The molecule has 144 valence electrons. The van der Waals surface area contributed by atoms with E-state index in [-0.39, 0.29) is 30.0 Å². The molecule has 0 saturated heterocycles. The third kappa shape index (κ3) is 6.17. The fraction of sp³-hybridized carbons (Fsp3) is 0.333. The summed E-state index contributed by atoms with van der Waals surface area (Å²) >= 11 is 1.74. The summed E-state index contributed by atoms with van der Waals surface area (Å²) in [7, 11) is 0. The highest BCUT2D eigenvalue weighted by molar-refractivity contribution is 14.0. The molecule has 0 saturated carbocycles. The number of hydrogen-bond acceptors (Lipinski definition) is 3. The molecule has 0 bridgehead atoms. The quantitative estimate of drug-likeness (QED) is 0.286. The van der Waals surface area contributed by atoms with Crippen molar-refractivity contribution in [1.29, 1.82) is 0 Å². The molecule has 4 nitrogen and oxygen atoms in total. The summed E-state index contributed by atoms with van der Waals surface area (Å²) < 4.78 is 0. The molecule has 0 fully saturated rings. The molecule has 27 heavy (non-hydrogen) atoms. The summed E-state index contributed by atoms with van der Waals surface area (Å²) in [6, 6.07) is 15.2. The van der Waals surface area contributed by atoms with Crippen LogP contribution in [0.4, 0.5) is 0 Å². The van der Waals surface area contributed by atoms with Gasteiger partial charge in [0.05, 0.1) is 11.0 Å². The average molecular weight is 494 g/mol.